The standard InChI is InChI=1S/C14H26N4O/c1-11-9-17(3)12(2)7-14(11)16-13-8-15-18(10-13)5-6-19-4/h8,10-12,14,16H,5-7,9H2,1-4H3. The first-order valence-electron chi connectivity index (χ1n) is 7.08. The van der Waals surface area contributed by atoms with E-state index in [1.165, 1.54) is 6.42 Å². The molecule has 1 N–H and O–H groups in total. The molecule has 1 saturated heterocycles. The van der Waals surface area contributed by atoms with Crippen molar-refractivity contribution in [1.29, 1.82) is 0 Å². The van der Waals surface area contributed by atoms with Crippen molar-refractivity contribution in [2.24, 2.45) is 5.92 Å². The van der Waals surface area contributed by atoms with E-state index in [-0.39, 0.29) is 0 Å². The molecule has 3 unspecified atom stereocenters. The molecule has 108 valence electrons. The molecule has 5 heteroatoms. The van der Waals surface area contributed by atoms with Gasteiger partial charge in [-0.15, -0.1) is 0 Å². The molecule has 5 nitrogen and oxygen atoms in total. The molecule has 0 aromatic carbocycles. The van der Waals surface area contributed by atoms with Gasteiger partial charge >= 0.3 is 0 Å². The summed E-state index contributed by atoms with van der Waals surface area (Å²) in [7, 11) is 3.92. The molecule has 19 heavy (non-hydrogen) atoms. The largest absolute Gasteiger partial charge is 0.383 e. The van der Waals surface area contributed by atoms with Crippen LogP contribution in [0.1, 0.15) is 20.3 Å². The van der Waals surface area contributed by atoms with Crippen LogP contribution in [-0.2, 0) is 11.3 Å². The lowest BCUT2D eigenvalue weighted by Gasteiger charge is -2.40. The number of anilines is 1. The summed E-state index contributed by atoms with van der Waals surface area (Å²) in [6.45, 7) is 7.26. The van der Waals surface area contributed by atoms with Crippen molar-refractivity contribution in [2.45, 2.75) is 38.9 Å². The number of piperidine rings is 1. The number of rotatable bonds is 5. The first-order chi connectivity index (χ1) is 9.10. The number of methoxy groups -OCH3 is 1. The third-order valence-electron chi connectivity index (χ3n) is 4.12. The maximum atomic E-state index is 5.06. The number of ether oxygens (including phenoxy) is 1. The molecular weight excluding hydrogens is 240 g/mol. The molecule has 1 aromatic heterocycles. The minimum atomic E-state index is 0.534. The fraction of sp³-hybridized carbons (Fsp3) is 0.786. The summed E-state index contributed by atoms with van der Waals surface area (Å²) in [5.74, 6) is 0.656. The topological polar surface area (TPSA) is 42.3 Å². The Morgan fingerprint density at radius 2 is 2.26 bits per heavy atom. The van der Waals surface area contributed by atoms with Gasteiger partial charge in [-0.05, 0) is 26.3 Å². The number of likely N-dealkylation sites (tertiary alicyclic amines) is 1. The second-order valence-electron chi connectivity index (χ2n) is 5.74. The van der Waals surface area contributed by atoms with Crippen molar-refractivity contribution in [2.75, 3.05) is 32.6 Å². The second-order valence-corrected chi connectivity index (χ2v) is 5.74. The number of hydrogen-bond acceptors (Lipinski definition) is 4. The van der Waals surface area contributed by atoms with Gasteiger partial charge in [0.1, 0.15) is 0 Å². The molecule has 0 bridgehead atoms. The molecule has 0 radical (unpaired) electrons. The number of hydrogen-bond donors (Lipinski definition) is 1. The van der Waals surface area contributed by atoms with E-state index in [0.717, 1.165) is 18.8 Å². The van der Waals surface area contributed by atoms with Crippen LogP contribution in [-0.4, -0.2) is 54.1 Å². The van der Waals surface area contributed by atoms with E-state index < -0.39 is 0 Å². The van der Waals surface area contributed by atoms with Crippen LogP contribution in [0.2, 0.25) is 0 Å². The molecule has 2 heterocycles. The zero-order valence-electron chi connectivity index (χ0n) is 12.5. The Balaban J connectivity index is 1.91. The lowest BCUT2D eigenvalue weighted by molar-refractivity contribution is 0.145. The number of aromatic nitrogens is 2. The van der Waals surface area contributed by atoms with E-state index in [1.54, 1.807) is 7.11 Å². The van der Waals surface area contributed by atoms with Gasteiger partial charge in [0.15, 0.2) is 0 Å². The summed E-state index contributed by atoms with van der Waals surface area (Å²) in [4.78, 5) is 2.44. The first kappa shape index (κ1) is 14.3. The predicted molar refractivity (Wildman–Crippen MR) is 77.4 cm³/mol. The van der Waals surface area contributed by atoms with Gasteiger partial charge < -0.3 is 15.0 Å². The van der Waals surface area contributed by atoms with Crippen LogP contribution in [0.3, 0.4) is 0 Å². The van der Waals surface area contributed by atoms with Crippen molar-refractivity contribution in [3.8, 4) is 0 Å². The molecule has 3 atom stereocenters. The SMILES string of the molecule is COCCn1cc(NC2CC(C)N(C)CC2C)cn1. The van der Waals surface area contributed by atoms with E-state index >= 15 is 0 Å². The van der Waals surface area contributed by atoms with Gasteiger partial charge in [-0.2, -0.15) is 5.10 Å². The average Bonchev–Trinajstić information content (AvgIpc) is 2.81. The molecule has 0 spiro atoms. The molecule has 1 aliphatic heterocycles. The summed E-state index contributed by atoms with van der Waals surface area (Å²) in [6, 6.07) is 1.17. The lowest BCUT2D eigenvalue weighted by Crippen LogP contribution is -2.48. The Morgan fingerprint density at radius 3 is 3.00 bits per heavy atom. The highest BCUT2D eigenvalue weighted by Crippen LogP contribution is 2.24. The number of nitrogens with one attached hydrogen (secondary N) is 1. The Labute approximate surface area is 115 Å². The maximum absolute atomic E-state index is 5.06. The van der Waals surface area contributed by atoms with Crippen LogP contribution < -0.4 is 5.32 Å². The highest BCUT2D eigenvalue weighted by molar-refractivity contribution is 5.39. The summed E-state index contributed by atoms with van der Waals surface area (Å²) < 4.78 is 6.99. The van der Waals surface area contributed by atoms with Crippen LogP contribution in [0.4, 0.5) is 5.69 Å². The van der Waals surface area contributed by atoms with E-state index in [4.69, 9.17) is 4.74 Å². The van der Waals surface area contributed by atoms with Gasteiger partial charge in [-0.1, -0.05) is 6.92 Å². The molecule has 1 fully saturated rings. The van der Waals surface area contributed by atoms with Crippen LogP contribution in [0.15, 0.2) is 12.4 Å². The summed E-state index contributed by atoms with van der Waals surface area (Å²) in [5.41, 5.74) is 1.12. The maximum Gasteiger partial charge on any atom is 0.0728 e. The van der Waals surface area contributed by atoms with Gasteiger partial charge in [0.05, 0.1) is 25.0 Å². The minimum absolute atomic E-state index is 0.534. The smallest absolute Gasteiger partial charge is 0.0728 e. The quantitative estimate of drug-likeness (QED) is 0.880. The fourth-order valence-electron chi connectivity index (χ4n) is 2.70. The van der Waals surface area contributed by atoms with Crippen molar-refractivity contribution in [3.63, 3.8) is 0 Å². The third-order valence-corrected chi connectivity index (χ3v) is 4.12. The van der Waals surface area contributed by atoms with Crippen LogP contribution >= 0.6 is 0 Å². The average molecular weight is 266 g/mol. The van der Waals surface area contributed by atoms with E-state index in [9.17, 15) is 0 Å². The Morgan fingerprint density at radius 1 is 1.47 bits per heavy atom. The van der Waals surface area contributed by atoms with Crippen molar-refractivity contribution >= 4 is 5.69 Å². The van der Waals surface area contributed by atoms with Crippen LogP contribution in [0.25, 0.3) is 0 Å². The molecular formula is C14H26N4O. The van der Waals surface area contributed by atoms with E-state index in [2.05, 4.69) is 42.4 Å². The van der Waals surface area contributed by atoms with Crippen LogP contribution in [0, 0.1) is 5.92 Å². The Hall–Kier alpha value is -1.07. The predicted octanol–water partition coefficient (Wildman–Crippen LogP) is 1.67. The molecule has 1 aromatic rings. The number of nitrogens with zero attached hydrogens (tertiary/aromatic N) is 3. The van der Waals surface area contributed by atoms with E-state index in [0.29, 0.717) is 24.6 Å². The van der Waals surface area contributed by atoms with Gasteiger partial charge in [-0.3, -0.25) is 4.68 Å². The van der Waals surface area contributed by atoms with Crippen molar-refractivity contribution in [1.82, 2.24) is 14.7 Å². The normalized spacial score (nSPS) is 28.5. The van der Waals surface area contributed by atoms with Gasteiger partial charge in [0.2, 0.25) is 0 Å². The zero-order valence-corrected chi connectivity index (χ0v) is 12.5. The molecule has 1 aliphatic rings. The van der Waals surface area contributed by atoms with Crippen molar-refractivity contribution in [3.05, 3.63) is 12.4 Å². The highest BCUT2D eigenvalue weighted by atomic mass is 16.5. The first-order valence-corrected chi connectivity index (χ1v) is 7.08. The monoisotopic (exact) mass is 266 g/mol. The Kier molecular flexibility index (Phi) is 4.82. The lowest BCUT2D eigenvalue weighted by atomic mass is 9.90. The third kappa shape index (κ3) is 3.70. The zero-order chi connectivity index (χ0) is 13.8. The summed E-state index contributed by atoms with van der Waals surface area (Å²) >= 11 is 0. The van der Waals surface area contributed by atoms with Gasteiger partial charge in [-0.25, -0.2) is 0 Å². The summed E-state index contributed by atoms with van der Waals surface area (Å²) in [5, 5.41) is 7.97. The van der Waals surface area contributed by atoms with Gasteiger partial charge in [0, 0.05) is 31.9 Å². The highest BCUT2D eigenvalue weighted by Gasteiger charge is 2.28. The second kappa shape index (κ2) is 6.39. The Bertz CT molecular complexity index is 393. The van der Waals surface area contributed by atoms with Crippen molar-refractivity contribution < 1.29 is 4.74 Å². The van der Waals surface area contributed by atoms with E-state index in [1.807, 2.05) is 10.9 Å². The molecule has 0 saturated carbocycles. The van der Waals surface area contributed by atoms with Gasteiger partial charge in [0.25, 0.3) is 0 Å². The molecule has 0 amide bonds. The fourth-order valence-corrected chi connectivity index (χ4v) is 2.70. The minimum Gasteiger partial charge on any atom is -0.383 e. The summed E-state index contributed by atoms with van der Waals surface area (Å²) in [6.07, 6.45) is 5.15. The molecule has 2 rings (SSSR count). The van der Waals surface area contributed by atoms with Crippen LogP contribution in [0.5, 0.6) is 0 Å². The molecule has 0 aliphatic carbocycles.